The topological polar surface area (TPSA) is 12.9 Å². The van der Waals surface area contributed by atoms with Gasteiger partial charge in [-0.3, -0.25) is 0 Å². The molecule has 0 amide bonds. The van der Waals surface area contributed by atoms with Crippen LogP contribution in [0.5, 0.6) is 0 Å². The van der Waals surface area contributed by atoms with E-state index in [1.165, 1.54) is 0 Å². The number of pyridine rings is 1. The van der Waals surface area contributed by atoms with Crippen molar-refractivity contribution in [2.24, 2.45) is 0 Å². The molecule has 1 rings (SSSR count). The average molecular weight is 229 g/mol. The molecule has 1 heterocycles. The summed E-state index contributed by atoms with van der Waals surface area (Å²) in [7, 11) is 0. The monoisotopic (exact) mass is 229 g/mol. The Morgan fingerprint density at radius 2 is 1.80 bits per heavy atom. The van der Waals surface area contributed by atoms with E-state index in [9.17, 15) is 26.3 Å². The SMILES string of the molecule is Cc1nc(F)c(C(F)F)cc1C(F)(F)F. The first kappa shape index (κ1) is 11.8. The van der Waals surface area contributed by atoms with Gasteiger partial charge in [-0.15, -0.1) is 0 Å². The first-order valence-electron chi connectivity index (χ1n) is 3.76. The Kier molecular flexibility index (Phi) is 2.92. The smallest absolute Gasteiger partial charge is 0.224 e. The van der Waals surface area contributed by atoms with Gasteiger partial charge in [0, 0.05) is 0 Å². The highest BCUT2D eigenvalue weighted by molar-refractivity contribution is 5.28. The minimum absolute atomic E-state index is 0.0856. The summed E-state index contributed by atoms with van der Waals surface area (Å²) in [5, 5.41) is 0. The van der Waals surface area contributed by atoms with Gasteiger partial charge in [-0.05, 0) is 13.0 Å². The molecule has 0 saturated carbocycles. The summed E-state index contributed by atoms with van der Waals surface area (Å²) >= 11 is 0. The molecule has 0 radical (unpaired) electrons. The molecular formula is C8H5F6N. The summed E-state index contributed by atoms with van der Waals surface area (Å²) in [5.41, 5.74) is -3.35. The third kappa shape index (κ3) is 2.40. The third-order valence-electron chi connectivity index (χ3n) is 1.73. The second kappa shape index (κ2) is 3.71. The summed E-state index contributed by atoms with van der Waals surface area (Å²) in [4.78, 5) is 2.79. The van der Waals surface area contributed by atoms with Crippen molar-refractivity contribution >= 4 is 0 Å². The van der Waals surface area contributed by atoms with Crippen molar-refractivity contribution < 1.29 is 26.3 Å². The van der Waals surface area contributed by atoms with Crippen LogP contribution in [0.3, 0.4) is 0 Å². The van der Waals surface area contributed by atoms with Crippen LogP contribution in [0.1, 0.15) is 23.2 Å². The number of aromatic nitrogens is 1. The second-order valence-corrected chi connectivity index (χ2v) is 2.80. The van der Waals surface area contributed by atoms with E-state index >= 15 is 0 Å². The number of rotatable bonds is 1. The Labute approximate surface area is 80.7 Å². The lowest BCUT2D eigenvalue weighted by Gasteiger charge is -2.11. The molecule has 15 heavy (non-hydrogen) atoms. The van der Waals surface area contributed by atoms with Crippen LogP contribution in [-0.4, -0.2) is 4.98 Å². The number of aryl methyl sites for hydroxylation is 1. The molecule has 0 aliphatic carbocycles. The summed E-state index contributed by atoms with van der Waals surface area (Å²) in [6.07, 6.45) is -8.13. The van der Waals surface area contributed by atoms with Crippen molar-refractivity contribution in [2.75, 3.05) is 0 Å². The van der Waals surface area contributed by atoms with E-state index in [0.29, 0.717) is 0 Å². The first-order chi connectivity index (χ1) is 6.73. The van der Waals surface area contributed by atoms with Crippen molar-refractivity contribution in [2.45, 2.75) is 19.5 Å². The summed E-state index contributed by atoms with van der Waals surface area (Å²) < 4.78 is 73.5. The summed E-state index contributed by atoms with van der Waals surface area (Å²) in [5.74, 6) is -1.57. The predicted octanol–water partition coefficient (Wildman–Crippen LogP) is 3.49. The van der Waals surface area contributed by atoms with Crippen molar-refractivity contribution in [3.8, 4) is 0 Å². The molecule has 0 N–H and O–H groups in total. The van der Waals surface area contributed by atoms with E-state index in [0.717, 1.165) is 6.92 Å². The molecule has 0 fully saturated rings. The van der Waals surface area contributed by atoms with E-state index in [1.54, 1.807) is 0 Å². The van der Waals surface area contributed by atoms with Crippen LogP contribution in [0.25, 0.3) is 0 Å². The highest BCUT2D eigenvalue weighted by Gasteiger charge is 2.35. The zero-order chi connectivity index (χ0) is 11.8. The van der Waals surface area contributed by atoms with Gasteiger partial charge in [0.25, 0.3) is 6.43 Å². The lowest BCUT2D eigenvalue weighted by atomic mass is 10.1. The Morgan fingerprint density at radius 3 is 2.20 bits per heavy atom. The molecule has 0 bridgehead atoms. The number of hydrogen-bond acceptors (Lipinski definition) is 1. The molecule has 1 nitrogen and oxygen atoms in total. The predicted molar refractivity (Wildman–Crippen MR) is 38.9 cm³/mol. The Hall–Kier alpha value is -1.27. The lowest BCUT2D eigenvalue weighted by Crippen LogP contribution is -2.11. The fraction of sp³-hybridized carbons (Fsp3) is 0.375. The lowest BCUT2D eigenvalue weighted by molar-refractivity contribution is -0.138. The Morgan fingerprint density at radius 1 is 1.27 bits per heavy atom. The van der Waals surface area contributed by atoms with E-state index in [-0.39, 0.29) is 6.07 Å². The van der Waals surface area contributed by atoms with Crippen LogP contribution < -0.4 is 0 Å². The van der Waals surface area contributed by atoms with Crippen LogP contribution in [0, 0.1) is 12.9 Å². The number of nitrogens with zero attached hydrogens (tertiary/aromatic N) is 1. The quantitative estimate of drug-likeness (QED) is 0.530. The minimum atomic E-state index is -4.81. The van der Waals surface area contributed by atoms with E-state index in [2.05, 4.69) is 4.98 Å². The molecule has 1 aromatic heterocycles. The zero-order valence-corrected chi connectivity index (χ0v) is 7.37. The van der Waals surface area contributed by atoms with Gasteiger partial charge < -0.3 is 0 Å². The largest absolute Gasteiger partial charge is 0.418 e. The molecule has 1 aromatic rings. The Bertz CT molecular complexity index is 370. The summed E-state index contributed by atoms with van der Waals surface area (Å²) in [6.45, 7) is 0.904. The van der Waals surface area contributed by atoms with Gasteiger partial charge in [-0.25, -0.2) is 13.8 Å². The normalized spacial score (nSPS) is 12.3. The van der Waals surface area contributed by atoms with E-state index in [1.807, 2.05) is 0 Å². The molecule has 7 heteroatoms. The number of halogens is 6. The van der Waals surface area contributed by atoms with Gasteiger partial charge in [-0.2, -0.15) is 17.6 Å². The standard InChI is InChI=1S/C8H5F6N/c1-3-5(8(12,13)14)2-4(6(9)10)7(11)15-3/h2,6H,1H3. The Balaban J connectivity index is 3.37. The highest BCUT2D eigenvalue weighted by Crippen LogP contribution is 2.34. The fourth-order valence-electron chi connectivity index (χ4n) is 1.03. The van der Waals surface area contributed by atoms with Crippen molar-refractivity contribution in [1.29, 1.82) is 0 Å². The summed E-state index contributed by atoms with van der Waals surface area (Å²) in [6, 6.07) is 0.0856. The van der Waals surface area contributed by atoms with Crippen LogP contribution in [0.4, 0.5) is 26.3 Å². The maximum atomic E-state index is 12.7. The maximum Gasteiger partial charge on any atom is 0.418 e. The molecule has 84 valence electrons. The van der Waals surface area contributed by atoms with Gasteiger partial charge in [0.15, 0.2) is 0 Å². The van der Waals surface area contributed by atoms with Crippen LogP contribution in [0.15, 0.2) is 6.07 Å². The van der Waals surface area contributed by atoms with Crippen LogP contribution in [-0.2, 0) is 6.18 Å². The zero-order valence-electron chi connectivity index (χ0n) is 7.37. The molecule has 0 saturated heterocycles. The number of alkyl halides is 5. The van der Waals surface area contributed by atoms with E-state index < -0.39 is 35.4 Å². The van der Waals surface area contributed by atoms with Crippen molar-refractivity contribution in [3.05, 3.63) is 28.8 Å². The van der Waals surface area contributed by atoms with Crippen molar-refractivity contribution in [3.63, 3.8) is 0 Å². The van der Waals surface area contributed by atoms with Gasteiger partial charge in [0.2, 0.25) is 5.95 Å². The van der Waals surface area contributed by atoms with Crippen LogP contribution >= 0.6 is 0 Å². The van der Waals surface area contributed by atoms with Gasteiger partial charge in [-0.1, -0.05) is 0 Å². The minimum Gasteiger partial charge on any atom is -0.224 e. The van der Waals surface area contributed by atoms with Crippen molar-refractivity contribution in [1.82, 2.24) is 4.98 Å². The second-order valence-electron chi connectivity index (χ2n) is 2.80. The third-order valence-corrected chi connectivity index (χ3v) is 1.73. The van der Waals surface area contributed by atoms with E-state index in [4.69, 9.17) is 0 Å². The fourth-order valence-corrected chi connectivity index (χ4v) is 1.03. The maximum absolute atomic E-state index is 12.7. The van der Waals surface area contributed by atoms with Gasteiger partial charge >= 0.3 is 6.18 Å². The highest BCUT2D eigenvalue weighted by atomic mass is 19.4. The molecule has 0 atom stereocenters. The molecular weight excluding hydrogens is 224 g/mol. The number of hydrogen-bond donors (Lipinski definition) is 0. The molecule has 0 spiro atoms. The first-order valence-corrected chi connectivity index (χ1v) is 3.76. The van der Waals surface area contributed by atoms with Crippen LogP contribution in [0.2, 0.25) is 0 Å². The molecule has 0 aliphatic rings. The van der Waals surface area contributed by atoms with Gasteiger partial charge in [0.1, 0.15) is 0 Å². The molecule has 0 unspecified atom stereocenters. The average Bonchev–Trinajstić information content (AvgIpc) is 2.00. The molecule has 0 aliphatic heterocycles. The molecule has 0 aromatic carbocycles. The van der Waals surface area contributed by atoms with Gasteiger partial charge in [0.05, 0.1) is 16.8 Å².